The summed E-state index contributed by atoms with van der Waals surface area (Å²) in [6.07, 6.45) is 15.7. The average molecular weight is 717 g/mol. The Balaban J connectivity index is 1.88. The molecule has 0 radical (unpaired) electrons. The standard InChI is InChI=1S/C44H64N2O6/c1-7-13-27-47-39-25-19-35(41(49-29-15-9-3)43(39)51-31-17-11-5)33-45-37-21-23-38(24-22-37)46-34-36-20-26-40(48-28-14-8-2)44(52-32-18-12-6)42(36)50-30-16-10-4/h19-26,33-34H,7-18,27-32H2,1-6H3. The Morgan fingerprint density at radius 2 is 0.654 bits per heavy atom. The predicted octanol–water partition coefficient (Wildman–Crippen LogP) is 12.3. The summed E-state index contributed by atoms with van der Waals surface area (Å²) in [5.41, 5.74) is 3.31. The van der Waals surface area contributed by atoms with Crippen LogP contribution in [0.3, 0.4) is 0 Å². The van der Waals surface area contributed by atoms with E-state index in [9.17, 15) is 0 Å². The van der Waals surface area contributed by atoms with Crippen molar-refractivity contribution in [1.29, 1.82) is 0 Å². The molecule has 0 saturated carbocycles. The first-order valence-electron chi connectivity index (χ1n) is 19.9. The van der Waals surface area contributed by atoms with Gasteiger partial charge >= 0.3 is 0 Å². The van der Waals surface area contributed by atoms with Crippen molar-refractivity contribution in [3.63, 3.8) is 0 Å². The number of nitrogens with zero attached hydrogens (tertiary/aromatic N) is 2. The van der Waals surface area contributed by atoms with Crippen LogP contribution < -0.4 is 28.4 Å². The minimum Gasteiger partial charge on any atom is -0.490 e. The first kappa shape index (κ1) is 42.2. The molecule has 286 valence electrons. The third-order valence-electron chi connectivity index (χ3n) is 8.26. The van der Waals surface area contributed by atoms with Gasteiger partial charge in [-0.05, 0) is 87.1 Å². The third-order valence-corrected chi connectivity index (χ3v) is 8.26. The second-order valence-electron chi connectivity index (χ2n) is 12.9. The summed E-state index contributed by atoms with van der Waals surface area (Å²) in [7, 11) is 0. The van der Waals surface area contributed by atoms with Crippen LogP contribution in [-0.4, -0.2) is 52.1 Å². The van der Waals surface area contributed by atoms with E-state index in [1.807, 2.05) is 61.0 Å². The van der Waals surface area contributed by atoms with Crippen molar-refractivity contribution in [2.24, 2.45) is 9.98 Å². The normalized spacial score (nSPS) is 11.3. The monoisotopic (exact) mass is 716 g/mol. The second kappa shape index (κ2) is 25.7. The van der Waals surface area contributed by atoms with E-state index >= 15 is 0 Å². The van der Waals surface area contributed by atoms with Crippen molar-refractivity contribution in [3.05, 3.63) is 59.7 Å². The largest absolute Gasteiger partial charge is 0.490 e. The molecular formula is C44H64N2O6. The molecule has 0 aliphatic rings. The van der Waals surface area contributed by atoms with Crippen molar-refractivity contribution in [2.45, 2.75) is 119 Å². The first-order valence-corrected chi connectivity index (χ1v) is 19.9. The fraction of sp³-hybridized carbons (Fsp3) is 0.545. The zero-order valence-electron chi connectivity index (χ0n) is 32.8. The topological polar surface area (TPSA) is 80.1 Å². The number of unbranched alkanes of at least 4 members (excludes halogenated alkanes) is 6. The Morgan fingerprint density at radius 1 is 0.365 bits per heavy atom. The maximum Gasteiger partial charge on any atom is 0.204 e. The summed E-state index contributed by atoms with van der Waals surface area (Å²) in [6.45, 7) is 16.6. The maximum atomic E-state index is 6.33. The molecule has 0 N–H and O–H groups in total. The highest BCUT2D eigenvalue weighted by atomic mass is 16.5. The van der Waals surface area contributed by atoms with E-state index in [0.717, 1.165) is 99.6 Å². The summed E-state index contributed by atoms with van der Waals surface area (Å²) in [5.74, 6) is 4.11. The highest BCUT2D eigenvalue weighted by molar-refractivity contribution is 5.89. The third kappa shape index (κ3) is 14.4. The Bertz CT molecular complexity index is 1360. The molecule has 0 heterocycles. The molecule has 0 atom stereocenters. The van der Waals surface area contributed by atoms with Crippen molar-refractivity contribution < 1.29 is 28.4 Å². The summed E-state index contributed by atoms with van der Waals surface area (Å²) < 4.78 is 37.5. The van der Waals surface area contributed by atoms with Gasteiger partial charge in [-0.1, -0.05) is 80.1 Å². The van der Waals surface area contributed by atoms with E-state index in [-0.39, 0.29) is 0 Å². The van der Waals surface area contributed by atoms with Crippen molar-refractivity contribution in [2.75, 3.05) is 39.6 Å². The van der Waals surface area contributed by atoms with Gasteiger partial charge in [-0.2, -0.15) is 0 Å². The molecule has 0 spiro atoms. The lowest BCUT2D eigenvalue weighted by Gasteiger charge is -2.19. The number of benzene rings is 3. The molecule has 0 unspecified atom stereocenters. The highest BCUT2D eigenvalue weighted by Gasteiger charge is 2.19. The molecule has 0 aliphatic carbocycles. The summed E-state index contributed by atoms with van der Waals surface area (Å²) >= 11 is 0. The molecule has 0 fully saturated rings. The number of hydrogen-bond donors (Lipinski definition) is 0. The van der Waals surface area contributed by atoms with E-state index in [2.05, 4.69) is 41.5 Å². The zero-order chi connectivity index (χ0) is 37.2. The number of rotatable bonds is 28. The molecular weight excluding hydrogens is 652 g/mol. The van der Waals surface area contributed by atoms with Gasteiger partial charge in [-0.25, -0.2) is 0 Å². The summed E-state index contributed by atoms with van der Waals surface area (Å²) in [5, 5.41) is 0. The molecule has 0 aliphatic heterocycles. The van der Waals surface area contributed by atoms with E-state index in [0.29, 0.717) is 74.1 Å². The van der Waals surface area contributed by atoms with E-state index in [1.165, 1.54) is 0 Å². The lowest BCUT2D eigenvalue weighted by Crippen LogP contribution is -2.07. The van der Waals surface area contributed by atoms with Crippen LogP contribution in [0.4, 0.5) is 11.4 Å². The molecule has 0 bridgehead atoms. The Morgan fingerprint density at radius 3 is 0.962 bits per heavy atom. The van der Waals surface area contributed by atoms with Crippen molar-refractivity contribution in [3.8, 4) is 34.5 Å². The fourth-order valence-corrected chi connectivity index (χ4v) is 4.96. The maximum absolute atomic E-state index is 6.33. The minimum absolute atomic E-state index is 0.596. The van der Waals surface area contributed by atoms with Crippen LogP contribution in [0.1, 0.15) is 130 Å². The van der Waals surface area contributed by atoms with Crippen LogP contribution in [-0.2, 0) is 0 Å². The molecule has 8 heteroatoms. The highest BCUT2D eigenvalue weighted by Crippen LogP contribution is 2.42. The van der Waals surface area contributed by atoms with Gasteiger partial charge in [0.2, 0.25) is 11.5 Å². The van der Waals surface area contributed by atoms with Crippen LogP contribution in [0, 0.1) is 0 Å². The second-order valence-corrected chi connectivity index (χ2v) is 12.9. The minimum atomic E-state index is 0.596. The van der Waals surface area contributed by atoms with Gasteiger partial charge in [0.05, 0.1) is 51.0 Å². The molecule has 3 aromatic carbocycles. The van der Waals surface area contributed by atoms with Crippen LogP contribution in [0.2, 0.25) is 0 Å². The molecule has 3 aromatic rings. The van der Waals surface area contributed by atoms with Gasteiger partial charge in [-0.15, -0.1) is 0 Å². The first-order chi connectivity index (χ1) is 25.6. The molecule has 8 nitrogen and oxygen atoms in total. The van der Waals surface area contributed by atoms with Gasteiger partial charge in [0, 0.05) is 23.6 Å². The molecule has 0 saturated heterocycles. The number of hydrogen-bond acceptors (Lipinski definition) is 8. The van der Waals surface area contributed by atoms with Gasteiger partial charge in [0.1, 0.15) is 0 Å². The number of ether oxygens (including phenoxy) is 6. The number of aliphatic imine (C=N–C) groups is 2. The lowest BCUT2D eigenvalue weighted by atomic mass is 10.1. The average Bonchev–Trinajstić information content (AvgIpc) is 3.16. The zero-order valence-corrected chi connectivity index (χ0v) is 32.8. The summed E-state index contributed by atoms with van der Waals surface area (Å²) in [6, 6.07) is 15.8. The van der Waals surface area contributed by atoms with Gasteiger partial charge in [0.25, 0.3) is 0 Å². The smallest absolute Gasteiger partial charge is 0.204 e. The van der Waals surface area contributed by atoms with Crippen LogP contribution in [0.25, 0.3) is 0 Å². The summed E-state index contributed by atoms with van der Waals surface area (Å²) in [4.78, 5) is 9.61. The van der Waals surface area contributed by atoms with E-state index < -0.39 is 0 Å². The van der Waals surface area contributed by atoms with Gasteiger partial charge in [-0.3, -0.25) is 9.98 Å². The molecule has 0 amide bonds. The van der Waals surface area contributed by atoms with E-state index in [1.54, 1.807) is 0 Å². The van der Waals surface area contributed by atoms with Crippen molar-refractivity contribution >= 4 is 23.8 Å². The van der Waals surface area contributed by atoms with Crippen LogP contribution in [0.15, 0.2) is 58.5 Å². The van der Waals surface area contributed by atoms with Gasteiger partial charge in [0.15, 0.2) is 23.0 Å². The SMILES string of the molecule is CCCCOc1ccc(C=Nc2ccc(N=Cc3ccc(OCCCC)c(OCCCC)c3OCCCC)cc2)c(OCCCC)c1OCCCC. The van der Waals surface area contributed by atoms with Crippen LogP contribution in [0.5, 0.6) is 34.5 Å². The predicted molar refractivity (Wildman–Crippen MR) is 216 cm³/mol. The molecule has 0 aromatic heterocycles. The Hall–Kier alpha value is -4.20. The fourth-order valence-electron chi connectivity index (χ4n) is 4.96. The quantitative estimate of drug-likeness (QED) is 0.0550. The van der Waals surface area contributed by atoms with Crippen LogP contribution >= 0.6 is 0 Å². The lowest BCUT2D eigenvalue weighted by molar-refractivity contribution is 0.237. The Labute approximate surface area is 314 Å². The Kier molecular flexibility index (Phi) is 20.9. The van der Waals surface area contributed by atoms with E-state index in [4.69, 9.17) is 38.4 Å². The molecule has 3 rings (SSSR count). The van der Waals surface area contributed by atoms with Gasteiger partial charge < -0.3 is 28.4 Å². The molecule has 52 heavy (non-hydrogen) atoms. The van der Waals surface area contributed by atoms with Crippen molar-refractivity contribution in [1.82, 2.24) is 0 Å².